The summed E-state index contributed by atoms with van der Waals surface area (Å²) in [6, 6.07) is 3.52. The van der Waals surface area contributed by atoms with Gasteiger partial charge in [-0.25, -0.2) is 15.1 Å². The third kappa shape index (κ3) is 7.70. The molecule has 0 amide bonds. The van der Waals surface area contributed by atoms with Crippen molar-refractivity contribution in [2.75, 3.05) is 19.6 Å². The molecule has 0 radical (unpaired) electrons. The maximum Gasteiger partial charge on any atom is 0.303 e. The van der Waals surface area contributed by atoms with Gasteiger partial charge < -0.3 is 21.1 Å². The van der Waals surface area contributed by atoms with Crippen LogP contribution in [-0.4, -0.2) is 51.6 Å². The number of carbonyl (C=O) groups is 1. The fraction of sp³-hybridized carbons (Fsp3) is 0.462. The predicted molar refractivity (Wildman–Crippen MR) is 88.0 cm³/mol. The summed E-state index contributed by atoms with van der Waals surface area (Å²) in [6.45, 7) is 2.30. The lowest BCUT2D eigenvalue weighted by Crippen LogP contribution is -2.30. The van der Waals surface area contributed by atoms with E-state index in [-0.39, 0.29) is 12.4 Å². The van der Waals surface area contributed by atoms with E-state index >= 15 is 0 Å². The fourth-order valence-electron chi connectivity index (χ4n) is 1.82. The SMILES string of the molecule is NCCCC(=O)O.O=[N+]([O-])/N=C1\NCCN1Cc1ccc(Cl)nc1. The van der Waals surface area contributed by atoms with E-state index in [9.17, 15) is 14.9 Å². The third-order valence-corrected chi connectivity index (χ3v) is 3.12. The number of hydrogen-bond acceptors (Lipinski definition) is 5. The molecule has 0 unspecified atom stereocenters. The van der Waals surface area contributed by atoms with Crippen LogP contribution >= 0.6 is 11.6 Å². The number of aliphatic carboxylic acids is 1. The average molecular weight is 359 g/mol. The van der Waals surface area contributed by atoms with Crippen LogP contribution in [-0.2, 0) is 11.3 Å². The molecule has 1 fully saturated rings. The molecule has 4 N–H and O–H groups in total. The van der Waals surface area contributed by atoms with Crippen molar-refractivity contribution in [3.63, 3.8) is 0 Å². The van der Waals surface area contributed by atoms with Crippen LogP contribution in [0.3, 0.4) is 0 Å². The first-order valence-electron chi connectivity index (χ1n) is 7.16. The van der Waals surface area contributed by atoms with Crippen LogP contribution in [0.2, 0.25) is 5.15 Å². The highest BCUT2D eigenvalue weighted by molar-refractivity contribution is 6.29. The van der Waals surface area contributed by atoms with Crippen molar-refractivity contribution < 1.29 is 14.9 Å². The van der Waals surface area contributed by atoms with E-state index in [0.29, 0.717) is 37.8 Å². The summed E-state index contributed by atoms with van der Waals surface area (Å²) in [7, 11) is 0. The Hall–Kier alpha value is -2.46. The largest absolute Gasteiger partial charge is 0.481 e. The second-order valence-electron chi connectivity index (χ2n) is 4.78. The number of nitro groups is 1. The standard InChI is InChI=1S/C9H10ClN5O2.C4H9NO2/c10-8-2-1-7(5-12-8)6-14-4-3-11-9(14)13-15(16)17;5-3-1-2-4(6)7/h1-2,5H,3-4,6H2,(H,11,13);1-3,5H2,(H,6,7). The van der Waals surface area contributed by atoms with Crippen molar-refractivity contribution in [1.29, 1.82) is 0 Å². The highest BCUT2D eigenvalue weighted by Gasteiger charge is 2.21. The van der Waals surface area contributed by atoms with E-state index < -0.39 is 11.0 Å². The van der Waals surface area contributed by atoms with E-state index in [1.165, 1.54) is 0 Å². The van der Waals surface area contributed by atoms with Gasteiger partial charge in [0.1, 0.15) is 10.3 Å². The Balaban J connectivity index is 0.000000351. The Morgan fingerprint density at radius 3 is 2.83 bits per heavy atom. The number of carboxylic acid groups (broad SMARTS) is 1. The van der Waals surface area contributed by atoms with Crippen LogP contribution in [0, 0.1) is 10.1 Å². The molecule has 0 atom stereocenters. The first-order chi connectivity index (χ1) is 11.4. The van der Waals surface area contributed by atoms with E-state index in [1.807, 2.05) is 6.07 Å². The molecule has 0 saturated carbocycles. The summed E-state index contributed by atoms with van der Waals surface area (Å²) in [6.07, 6.45) is 2.41. The molecule has 11 heteroatoms. The van der Waals surface area contributed by atoms with Crippen LogP contribution in [0.25, 0.3) is 0 Å². The summed E-state index contributed by atoms with van der Waals surface area (Å²) in [5, 5.41) is 24.2. The zero-order chi connectivity index (χ0) is 17.9. The van der Waals surface area contributed by atoms with Gasteiger partial charge in [0.2, 0.25) is 0 Å². The topological polar surface area (TPSA) is 147 Å². The van der Waals surface area contributed by atoms with Gasteiger partial charge >= 0.3 is 5.97 Å². The molecule has 1 aliphatic heterocycles. The molecule has 132 valence electrons. The molecular formula is C13H19ClN6O4. The maximum absolute atomic E-state index is 10.3. The van der Waals surface area contributed by atoms with Gasteiger partial charge in [0.05, 0.1) is 0 Å². The van der Waals surface area contributed by atoms with Crippen molar-refractivity contribution in [3.8, 4) is 0 Å². The Kier molecular flexibility index (Phi) is 8.44. The van der Waals surface area contributed by atoms with Crippen molar-refractivity contribution in [2.24, 2.45) is 10.8 Å². The molecule has 0 bridgehead atoms. The summed E-state index contributed by atoms with van der Waals surface area (Å²) in [5.74, 6) is -0.490. The molecule has 1 aromatic rings. The van der Waals surface area contributed by atoms with Crippen LogP contribution < -0.4 is 11.1 Å². The number of carboxylic acids is 1. The molecule has 0 aromatic carbocycles. The molecule has 10 nitrogen and oxygen atoms in total. The van der Waals surface area contributed by atoms with E-state index in [0.717, 1.165) is 5.56 Å². The lowest BCUT2D eigenvalue weighted by molar-refractivity contribution is -0.485. The number of nitrogens with two attached hydrogens (primary N) is 1. The van der Waals surface area contributed by atoms with Crippen molar-refractivity contribution >= 4 is 23.5 Å². The summed E-state index contributed by atoms with van der Waals surface area (Å²) in [5.41, 5.74) is 5.94. The first-order valence-corrected chi connectivity index (χ1v) is 7.54. The minimum Gasteiger partial charge on any atom is -0.481 e. The third-order valence-electron chi connectivity index (χ3n) is 2.90. The first kappa shape index (κ1) is 19.6. The van der Waals surface area contributed by atoms with Crippen molar-refractivity contribution in [1.82, 2.24) is 15.2 Å². The lowest BCUT2D eigenvalue weighted by atomic mass is 10.3. The Bertz CT molecular complexity index is 580. The molecule has 1 saturated heterocycles. The van der Waals surface area contributed by atoms with Gasteiger partial charge in [0.15, 0.2) is 5.03 Å². The van der Waals surface area contributed by atoms with Gasteiger partial charge in [-0.05, 0) is 24.6 Å². The molecular weight excluding hydrogens is 340 g/mol. The highest BCUT2D eigenvalue weighted by atomic mass is 35.5. The summed E-state index contributed by atoms with van der Waals surface area (Å²) in [4.78, 5) is 25.8. The van der Waals surface area contributed by atoms with Gasteiger partial charge in [-0.1, -0.05) is 17.7 Å². The molecule has 2 heterocycles. The van der Waals surface area contributed by atoms with Crippen LogP contribution in [0.4, 0.5) is 0 Å². The Morgan fingerprint density at radius 1 is 1.58 bits per heavy atom. The minimum atomic E-state index is -0.773. The van der Waals surface area contributed by atoms with E-state index in [2.05, 4.69) is 15.4 Å². The highest BCUT2D eigenvalue weighted by Crippen LogP contribution is 2.09. The maximum atomic E-state index is 10.3. The van der Waals surface area contributed by atoms with E-state index in [1.54, 1.807) is 17.2 Å². The second-order valence-corrected chi connectivity index (χ2v) is 5.17. The van der Waals surface area contributed by atoms with E-state index in [4.69, 9.17) is 22.4 Å². The van der Waals surface area contributed by atoms with Crippen molar-refractivity contribution in [3.05, 3.63) is 39.2 Å². The molecule has 0 spiro atoms. The fourth-order valence-corrected chi connectivity index (χ4v) is 1.94. The monoisotopic (exact) mass is 358 g/mol. The number of hydrazone groups is 1. The minimum absolute atomic E-state index is 0.191. The average Bonchev–Trinajstić information content (AvgIpc) is 2.94. The molecule has 2 rings (SSSR count). The zero-order valence-corrected chi connectivity index (χ0v) is 13.6. The number of rotatable bonds is 6. The van der Waals surface area contributed by atoms with Gasteiger partial charge in [-0.3, -0.25) is 4.79 Å². The molecule has 24 heavy (non-hydrogen) atoms. The number of guanidine groups is 1. The predicted octanol–water partition coefficient (Wildman–Crippen LogP) is 0.498. The Labute approximate surface area is 143 Å². The molecule has 1 aliphatic rings. The number of nitrogens with zero attached hydrogens (tertiary/aromatic N) is 4. The number of aromatic nitrogens is 1. The van der Waals surface area contributed by atoms with Gasteiger partial charge in [-0.2, -0.15) is 0 Å². The Morgan fingerprint density at radius 2 is 2.33 bits per heavy atom. The number of nitrogens with one attached hydrogen (secondary N) is 1. The van der Waals surface area contributed by atoms with Gasteiger partial charge in [0.25, 0.3) is 5.96 Å². The second kappa shape index (κ2) is 10.3. The molecule has 1 aromatic heterocycles. The van der Waals surface area contributed by atoms with Crippen LogP contribution in [0.15, 0.2) is 23.4 Å². The van der Waals surface area contributed by atoms with Crippen LogP contribution in [0.5, 0.6) is 0 Å². The summed E-state index contributed by atoms with van der Waals surface area (Å²) < 4.78 is 0. The number of halogens is 1. The number of pyridine rings is 1. The number of hydrogen-bond donors (Lipinski definition) is 3. The molecule has 0 aliphatic carbocycles. The normalized spacial score (nSPS) is 14.8. The summed E-state index contributed by atoms with van der Waals surface area (Å²) >= 11 is 5.68. The quantitative estimate of drug-likeness (QED) is 0.378. The van der Waals surface area contributed by atoms with Crippen molar-refractivity contribution in [2.45, 2.75) is 19.4 Å². The smallest absolute Gasteiger partial charge is 0.303 e. The van der Waals surface area contributed by atoms with Crippen LogP contribution in [0.1, 0.15) is 18.4 Å². The lowest BCUT2D eigenvalue weighted by Gasteiger charge is -2.14. The zero-order valence-electron chi connectivity index (χ0n) is 12.9. The van der Waals surface area contributed by atoms with Gasteiger partial charge in [0, 0.05) is 32.3 Å². The van der Waals surface area contributed by atoms with Gasteiger partial charge in [-0.15, -0.1) is 0 Å².